The van der Waals surface area contributed by atoms with Crippen molar-refractivity contribution in [2.24, 2.45) is 0 Å². The summed E-state index contributed by atoms with van der Waals surface area (Å²) in [5.41, 5.74) is 2.34. The van der Waals surface area contributed by atoms with Crippen molar-refractivity contribution in [3.8, 4) is 28.6 Å². The third kappa shape index (κ3) is 4.08. The van der Waals surface area contributed by atoms with E-state index >= 15 is 0 Å². The first-order valence-electron chi connectivity index (χ1n) is 9.23. The Kier molecular flexibility index (Phi) is 5.85. The minimum atomic E-state index is 0.000258. The van der Waals surface area contributed by atoms with Gasteiger partial charge in [-0.25, -0.2) is 0 Å². The zero-order chi connectivity index (χ0) is 20.9. The number of nitrogens with one attached hydrogen (secondary N) is 1. The number of methoxy groups -OCH3 is 2. The monoisotopic (exact) mass is 420 g/mol. The van der Waals surface area contributed by atoms with Crippen LogP contribution in [-0.2, 0) is 0 Å². The van der Waals surface area contributed by atoms with Crippen LogP contribution in [0, 0.1) is 0 Å². The van der Waals surface area contributed by atoms with E-state index in [9.17, 15) is 4.79 Å². The molecule has 30 heavy (non-hydrogen) atoms. The number of rotatable bonds is 8. The van der Waals surface area contributed by atoms with Crippen molar-refractivity contribution in [2.75, 3.05) is 20.0 Å². The smallest absolute Gasteiger partial charge is 0.196 e. The van der Waals surface area contributed by atoms with E-state index in [1.165, 1.54) is 11.8 Å². The van der Waals surface area contributed by atoms with Crippen LogP contribution in [-0.4, -0.2) is 45.5 Å². The standard InChI is InChI=1S/C22H20N4O3S/c1-28-17-9-5-15(6-10-17)21-24-25-22(30-14-20(27)19-4-3-13-23-19)26(21)16-7-11-18(29-2)12-8-16/h3-13,23H,14H2,1-2H3. The number of thioether (sulfide) groups is 1. The summed E-state index contributed by atoms with van der Waals surface area (Å²) in [4.78, 5) is 15.4. The lowest BCUT2D eigenvalue weighted by Gasteiger charge is -2.11. The fourth-order valence-corrected chi connectivity index (χ4v) is 3.80. The Morgan fingerprint density at radius 1 is 0.967 bits per heavy atom. The second-order valence-corrected chi connectivity index (χ2v) is 7.31. The minimum absolute atomic E-state index is 0.000258. The molecule has 0 spiro atoms. The summed E-state index contributed by atoms with van der Waals surface area (Å²) >= 11 is 1.35. The Bertz CT molecular complexity index is 1120. The molecule has 0 aliphatic heterocycles. The number of carbonyl (C=O) groups is 1. The summed E-state index contributed by atoms with van der Waals surface area (Å²) in [6.45, 7) is 0. The molecule has 0 saturated heterocycles. The third-order valence-corrected chi connectivity index (χ3v) is 5.47. The van der Waals surface area contributed by atoms with Crippen molar-refractivity contribution >= 4 is 17.5 Å². The summed E-state index contributed by atoms with van der Waals surface area (Å²) in [5.74, 6) is 2.45. The molecule has 0 radical (unpaired) electrons. The van der Waals surface area contributed by atoms with Gasteiger partial charge in [0.25, 0.3) is 0 Å². The van der Waals surface area contributed by atoms with E-state index in [1.54, 1.807) is 32.5 Å². The van der Waals surface area contributed by atoms with Crippen molar-refractivity contribution in [1.29, 1.82) is 0 Å². The highest BCUT2D eigenvalue weighted by molar-refractivity contribution is 7.99. The van der Waals surface area contributed by atoms with Gasteiger partial charge in [0.05, 0.1) is 25.7 Å². The zero-order valence-electron chi connectivity index (χ0n) is 16.5. The van der Waals surface area contributed by atoms with Gasteiger partial charge >= 0.3 is 0 Å². The number of carbonyl (C=O) groups excluding carboxylic acids is 1. The lowest BCUT2D eigenvalue weighted by molar-refractivity contribution is 0.101. The van der Waals surface area contributed by atoms with Gasteiger partial charge < -0.3 is 14.5 Å². The molecule has 7 nitrogen and oxygen atoms in total. The highest BCUT2D eigenvalue weighted by Gasteiger charge is 2.18. The topological polar surface area (TPSA) is 82.0 Å². The number of hydrogen-bond donors (Lipinski definition) is 1. The zero-order valence-corrected chi connectivity index (χ0v) is 17.3. The molecule has 4 aromatic rings. The van der Waals surface area contributed by atoms with E-state index in [2.05, 4.69) is 15.2 Å². The van der Waals surface area contributed by atoms with Crippen molar-refractivity contribution < 1.29 is 14.3 Å². The van der Waals surface area contributed by atoms with E-state index in [0.717, 1.165) is 22.7 Å². The van der Waals surface area contributed by atoms with Gasteiger partial charge in [0, 0.05) is 17.4 Å². The van der Waals surface area contributed by atoms with E-state index < -0.39 is 0 Å². The molecule has 0 fully saturated rings. The highest BCUT2D eigenvalue weighted by atomic mass is 32.2. The number of ether oxygens (including phenoxy) is 2. The Labute approximate surface area is 178 Å². The fourth-order valence-electron chi connectivity index (χ4n) is 2.97. The average Bonchev–Trinajstić information content (AvgIpc) is 3.48. The molecule has 0 aliphatic rings. The summed E-state index contributed by atoms with van der Waals surface area (Å²) < 4.78 is 12.5. The quantitative estimate of drug-likeness (QED) is 0.339. The minimum Gasteiger partial charge on any atom is -0.497 e. The number of H-pyrrole nitrogens is 1. The maximum Gasteiger partial charge on any atom is 0.196 e. The normalized spacial score (nSPS) is 10.7. The van der Waals surface area contributed by atoms with Crippen LogP contribution < -0.4 is 9.47 Å². The molecule has 8 heteroatoms. The number of aromatic amines is 1. The SMILES string of the molecule is COc1ccc(-c2nnc(SCC(=O)c3ccc[nH]3)n2-c2ccc(OC)cc2)cc1. The molecule has 4 rings (SSSR count). The third-order valence-electron chi connectivity index (χ3n) is 4.54. The van der Waals surface area contributed by atoms with Crippen molar-refractivity contribution in [1.82, 2.24) is 19.7 Å². The van der Waals surface area contributed by atoms with Crippen LogP contribution in [0.25, 0.3) is 17.1 Å². The Balaban J connectivity index is 1.69. The fraction of sp³-hybridized carbons (Fsp3) is 0.136. The number of nitrogens with zero attached hydrogens (tertiary/aromatic N) is 3. The molecule has 0 aliphatic carbocycles. The predicted molar refractivity (Wildman–Crippen MR) is 116 cm³/mol. The maximum atomic E-state index is 12.4. The van der Waals surface area contributed by atoms with E-state index in [0.29, 0.717) is 16.7 Å². The maximum absolute atomic E-state index is 12.4. The molecule has 0 amide bonds. The van der Waals surface area contributed by atoms with E-state index in [4.69, 9.17) is 9.47 Å². The first-order valence-corrected chi connectivity index (χ1v) is 10.2. The largest absolute Gasteiger partial charge is 0.497 e. The van der Waals surface area contributed by atoms with Crippen LogP contribution in [0.1, 0.15) is 10.5 Å². The van der Waals surface area contributed by atoms with Gasteiger partial charge in [-0.2, -0.15) is 0 Å². The molecule has 0 atom stereocenters. The lowest BCUT2D eigenvalue weighted by Crippen LogP contribution is -2.05. The highest BCUT2D eigenvalue weighted by Crippen LogP contribution is 2.30. The number of Topliss-reactive ketones (excluding diaryl/α,β-unsaturated/α-hetero) is 1. The summed E-state index contributed by atoms with van der Waals surface area (Å²) in [5, 5.41) is 9.39. The van der Waals surface area contributed by atoms with Crippen molar-refractivity contribution in [2.45, 2.75) is 5.16 Å². The van der Waals surface area contributed by atoms with Gasteiger partial charge in [0.2, 0.25) is 0 Å². The van der Waals surface area contributed by atoms with Gasteiger partial charge in [-0.15, -0.1) is 10.2 Å². The second-order valence-electron chi connectivity index (χ2n) is 6.36. The average molecular weight is 420 g/mol. The van der Waals surface area contributed by atoms with Gasteiger partial charge in [-0.1, -0.05) is 11.8 Å². The van der Waals surface area contributed by atoms with Gasteiger partial charge in [-0.3, -0.25) is 9.36 Å². The van der Waals surface area contributed by atoms with Gasteiger partial charge in [0.1, 0.15) is 11.5 Å². The summed E-state index contributed by atoms with van der Waals surface area (Å²) in [6.07, 6.45) is 1.74. The Hall–Kier alpha value is -3.52. The van der Waals surface area contributed by atoms with Crippen molar-refractivity contribution in [3.63, 3.8) is 0 Å². The molecule has 0 saturated carbocycles. The first kappa shape index (κ1) is 19.8. The van der Waals surface area contributed by atoms with Crippen LogP contribution in [0.3, 0.4) is 0 Å². The molecular weight excluding hydrogens is 400 g/mol. The second kappa shape index (κ2) is 8.87. The van der Waals surface area contributed by atoms with Crippen LogP contribution in [0.2, 0.25) is 0 Å². The number of ketones is 1. The van der Waals surface area contributed by atoms with Crippen LogP contribution >= 0.6 is 11.8 Å². The number of benzene rings is 2. The molecule has 0 bridgehead atoms. The lowest BCUT2D eigenvalue weighted by atomic mass is 10.2. The van der Waals surface area contributed by atoms with Crippen molar-refractivity contribution in [3.05, 3.63) is 72.6 Å². The summed E-state index contributed by atoms with van der Waals surface area (Å²) in [6, 6.07) is 18.8. The molecular formula is C22H20N4O3S. The number of aromatic nitrogens is 4. The summed E-state index contributed by atoms with van der Waals surface area (Å²) in [7, 11) is 3.26. The Morgan fingerprint density at radius 2 is 1.63 bits per heavy atom. The first-order chi connectivity index (χ1) is 14.7. The molecule has 2 aromatic carbocycles. The van der Waals surface area contributed by atoms with Crippen LogP contribution in [0.15, 0.2) is 72.0 Å². The molecule has 1 N–H and O–H groups in total. The van der Waals surface area contributed by atoms with E-state index in [-0.39, 0.29) is 11.5 Å². The Morgan fingerprint density at radius 3 is 2.23 bits per heavy atom. The molecule has 2 heterocycles. The molecule has 2 aromatic heterocycles. The van der Waals surface area contributed by atoms with Gasteiger partial charge in [0.15, 0.2) is 16.8 Å². The number of hydrogen-bond acceptors (Lipinski definition) is 6. The van der Waals surface area contributed by atoms with Crippen LogP contribution in [0.4, 0.5) is 0 Å². The molecule has 152 valence electrons. The molecule has 0 unspecified atom stereocenters. The van der Waals surface area contributed by atoms with Crippen LogP contribution in [0.5, 0.6) is 11.5 Å². The van der Waals surface area contributed by atoms with E-state index in [1.807, 2.05) is 53.1 Å². The predicted octanol–water partition coefficient (Wildman–Crippen LogP) is 4.25. The van der Waals surface area contributed by atoms with Gasteiger partial charge in [-0.05, 0) is 60.7 Å².